The van der Waals surface area contributed by atoms with Crippen LogP contribution in [-0.2, 0) is 37.5 Å². The van der Waals surface area contributed by atoms with E-state index in [1.54, 1.807) is 0 Å². The molecule has 5 rings (SSSR count). The number of rotatable bonds is 14. The predicted molar refractivity (Wildman–Crippen MR) is 184 cm³/mol. The number of carbonyl (C=O) groups is 1. The van der Waals surface area contributed by atoms with Gasteiger partial charge in [0, 0.05) is 76.2 Å². The Balaban J connectivity index is 1.23. The van der Waals surface area contributed by atoms with Gasteiger partial charge in [-0.3, -0.25) is 29.7 Å². The van der Waals surface area contributed by atoms with Gasteiger partial charge in [-0.25, -0.2) is 4.79 Å². The molecule has 47 heavy (non-hydrogen) atoms. The van der Waals surface area contributed by atoms with Gasteiger partial charge in [-0.15, -0.1) is 0 Å². The molecule has 4 aromatic heterocycles. The molecule has 242 valence electrons. The lowest BCUT2D eigenvalue weighted by Crippen LogP contribution is -2.35. The lowest BCUT2D eigenvalue weighted by molar-refractivity contribution is 0.0523. The van der Waals surface area contributed by atoms with Gasteiger partial charge < -0.3 is 10.1 Å². The van der Waals surface area contributed by atoms with E-state index >= 15 is 0 Å². The number of amides is 1. The van der Waals surface area contributed by atoms with Crippen LogP contribution in [0.5, 0.6) is 0 Å². The van der Waals surface area contributed by atoms with Crippen LogP contribution < -0.4 is 5.32 Å². The first-order chi connectivity index (χ1) is 22.8. The molecule has 0 aliphatic rings. The van der Waals surface area contributed by atoms with Crippen LogP contribution in [0.4, 0.5) is 4.79 Å². The van der Waals surface area contributed by atoms with Crippen molar-refractivity contribution in [2.75, 3.05) is 13.1 Å². The van der Waals surface area contributed by atoms with Crippen molar-refractivity contribution in [3.8, 4) is 11.1 Å². The molecule has 0 atom stereocenters. The molecular weight excluding hydrogens is 586 g/mol. The smallest absolute Gasteiger partial charge is 0.407 e. The number of ether oxygens (including phenoxy) is 1. The summed E-state index contributed by atoms with van der Waals surface area (Å²) in [5, 5.41) is 2.81. The molecule has 0 fully saturated rings. The number of nitrogens with zero attached hydrogens (tertiary/aromatic N) is 6. The van der Waals surface area contributed by atoms with Crippen LogP contribution >= 0.6 is 0 Å². The molecule has 1 aromatic carbocycles. The maximum atomic E-state index is 12.0. The Bertz CT molecular complexity index is 1600. The molecule has 0 aliphatic carbocycles. The van der Waals surface area contributed by atoms with Crippen LogP contribution in [0.2, 0.25) is 0 Å². The van der Waals surface area contributed by atoms with Gasteiger partial charge in [-0.05, 0) is 74.4 Å². The Hall–Kier alpha value is -4.99. The van der Waals surface area contributed by atoms with Gasteiger partial charge in [0.15, 0.2) is 0 Å². The van der Waals surface area contributed by atoms with Crippen LogP contribution in [0.25, 0.3) is 11.1 Å². The van der Waals surface area contributed by atoms with Crippen LogP contribution in [0.15, 0.2) is 116 Å². The zero-order valence-corrected chi connectivity index (χ0v) is 27.4. The van der Waals surface area contributed by atoms with Crippen LogP contribution in [0.1, 0.15) is 49.1 Å². The third-order valence-electron chi connectivity index (χ3n) is 7.40. The summed E-state index contributed by atoms with van der Waals surface area (Å²) in [6.07, 6.45) is 7.03. The average molecular weight is 630 g/mol. The topological polar surface area (TPSA) is 96.4 Å². The van der Waals surface area contributed by atoms with Crippen LogP contribution in [-0.4, -0.2) is 54.5 Å². The summed E-state index contributed by atoms with van der Waals surface area (Å²) in [6.45, 7) is 10.5. The summed E-state index contributed by atoms with van der Waals surface area (Å²) in [7, 11) is 0. The third kappa shape index (κ3) is 11.4. The standard InChI is InChI=1S/C38H43N7O2/c1-38(2,3)47-37(46)43-24-30-13-15-31(16-14-30)32-17-18-36(42-25-32)29-45(28-35-12-6-9-21-41-35)23-22-44(26-33-10-4-7-19-39-33)27-34-11-5-8-20-40-34/h4-21,25H,22-24,26-29H2,1-3H3,(H,43,46). The van der Waals surface area contributed by atoms with E-state index in [2.05, 4.69) is 60.4 Å². The minimum Gasteiger partial charge on any atom is -0.444 e. The number of nitrogens with one attached hydrogen (secondary N) is 1. The third-order valence-corrected chi connectivity index (χ3v) is 7.40. The summed E-state index contributed by atoms with van der Waals surface area (Å²) in [6, 6.07) is 30.5. The van der Waals surface area contributed by atoms with Gasteiger partial charge in [0.05, 0.1) is 22.8 Å². The van der Waals surface area contributed by atoms with E-state index in [0.29, 0.717) is 19.6 Å². The Morgan fingerprint density at radius 2 is 1.09 bits per heavy atom. The lowest BCUT2D eigenvalue weighted by atomic mass is 10.1. The summed E-state index contributed by atoms with van der Waals surface area (Å²) < 4.78 is 5.33. The van der Waals surface area contributed by atoms with Crippen molar-refractivity contribution < 1.29 is 9.53 Å². The first-order valence-corrected chi connectivity index (χ1v) is 15.9. The minimum atomic E-state index is -0.525. The molecule has 1 amide bonds. The molecule has 9 nitrogen and oxygen atoms in total. The predicted octanol–water partition coefficient (Wildman–Crippen LogP) is 6.66. The highest BCUT2D eigenvalue weighted by Crippen LogP contribution is 2.20. The van der Waals surface area contributed by atoms with E-state index in [9.17, 15) is 4.79 Å². The van der Waals surface area contributed by atoms with Crippen LogP contribution in [0, 0.1) is 0 Å². The molecule has 9 heteroatoms. The van der Waals surface area contributed by atoms with Crippen molar-refractivity contribution in [2.24, 2.45) is 0 Å². The summed E-state index contributed by atoms with van der Waals surface area (Å²) in [5.74, 6) is 0. The molecular formula is C38H43N7O2. The molecule has 0 saturated heterocycles. The zero-order chi connectivity index (χ0) is 32.9. The highest BCUT2D eigenvalue weighted by Gasteiger charge is 2.16. The average Bonchev–Trinajstić information content (AvgIpc) is 3.07. The van der Waals surface area contributed by atoms with Gasteiger partial charge in [-0.2, -0.15) is 0 Å². The van der Waals surface area contributed by atoms with E-state index in [4.69, 9.17) is 9.72 Å². The summed E-state index contributed by atoms with van der Waals surface area (Å²) >= 11 is 0. The summed E-state index contributed by atoms with van der Waals surface area (Å²) in [5.41, 5.74) is 6.64. The number of alkyl carbamates (subject to hydrolysis) is 1. The maximum Gasteiger partial charge on any atom is 0.407 e. The van der Waals surface area contributed by atoms with Crippen molar-refractivity contribution in [1.82, 2.24) is 35.1 Å². The monoisotopic (exact) mass is 629 g/mol. The maximum absolute atomic E-state index is 12.0. The second kappa shape index (κ2) is 16.5. The quantitative estimate of drug-likeness (QED) is 0.146. The van der Waals surface area contributed by atoms with Gasteiger partial charge in [0.1, 0.15) is 5.60 Å². The summed E-state index contributed by atoms with van der Waals surface area (Å²) in [4.78, 5) is 35.4. The minimum absolute atomic E-state index is 0.402. The van der Waals surface area contributed by atoms with Gasteiger partial charge >= 0.3 is 6.09 Å². The van der Waals surface area contributed by atoms with E-state index in [-0.39, 0.29) is 0 Å². The van der Waals surface area contributed by atoms with E-state index in [0.717, 1.165) is 65.6 Å². The molecule has 0 spiro atoms. The number of hydrogen-bond donors (Lipinski definition) is 1. The largest absolute Gasteiger partial charge is 0.444 e. The fourth-order valence-electron chi connectivity index (χ4n) is 5.09. The Morgan fingerprint density at radius 1 is 0.617 bits per heavy atom. The van der Waals surface area contributed by atoms with Gasteiger partial charge in [0.25, 0.3) is 0 Å². The molecule has 0 unspecified atom stereocenters. The highest BCUT2D eigenvalue weighted by molar-refractivity contribution is 5.68. The zero-order valence-electron chi connectivity index (χ0n) is 27.4. The Kier molecular flexibility index (Phi) is 11.7. The van der Waals surface area contributed by atoms with Gasteiger partial charge in [-0.1, -0.05) is 48.5 Å². The first kappa shape index (κ1) is 33.4. The fourth-order valence-corrected chi connectivity index (χ4v) is 5.09. The molecule has 1 N–H and O–H groups in total. The van der Waals surface area contributed by atoms with E-state index in [1.165, 1.54) is 0 Å². The number of carbonyl (C=O) groups excluding carboxylic acids is 1. The van der Waals surface area contributed by atoms with Crippen molar-refractivity contribution in [1.29, 1.82) is 0 Å². The molecule has 0 bridgehead atoms. The van der Waals surface area contributed by atoms with Crippen LogP contribution in [0.3, 0.4) is 0 Å². The lowest BCUT2D eigenvalue weighted by Gasteiger charge is -2.27. The van der Waals surface area contributed by atoms with E-state index in [1.807, 2.05) is 106 Å². The van der Waals surface area contributed by atoms with Crippen molar-refractivity contribution in [3.63, 3.8) is 0 Å². The fraction of sp³-hybridized carbons (Fsp3) is 0.289. The number of benzene rings is 1. The normalized spacial score (nSPS) is 11.5. The molecule has 0 saturated carbocycles. The second-order valence-corrected chi connectivity index (χ2v) is 12.5. The van der Waals surface area contributed by atoms with Crippen molar-refractivity contribution >= 4 is 6.09 Å². The number of pyridine rings is 4. The highest BCUT2D eigenvalue weighted by atomic mass is 16.6. The van der Waals surface area contributed by atoms with Crippen molar-refractivity contribution in [2.45, 2.75) is 59.1 Å². The van der Waals surface area contributed by atoms with E-state index < -0.39 is 11.7 Å². The number of hydrogen-bond acceptors (Lipinski definition) is 8. The Morgan fingerprint density at radius 3 is 1.49 bits per heavy atom. The number of aromatic nitrogens is 4. The SMILES string of the molecule is CC(C)(C)OC(=O)NCc1ccc(-c2ccc(CN(CCN(Cc3ccccn3)Cc3ccccn3)Cc3ccccn3)nc2)cc1. The van der Waals surface area contributed by atoms with Crippen molar-refractivity contribution in [3.05, 3.63) is 144 Å². The van der Waals surface area contributed by atoms with Gasteiger partial charge in [0.2, 0.25) is 0 Å². The molecule has 0 aliphatic heterocycles. The first-order valence-electron chi connectivity index (χ1n) is 15.9. The molecule has 0 radical (unpaired) electrons. The Labute approximate surface area is 277 Å². The molecule has 5 aromatic rings. The molecule has 4 heterocycles. The second-order valence-electron chi connectivity index (χ2n) is 12.5.